The maximum atomic E-state index is 5.90. The van der Waals surface area contributed by atoms with Gasteiger partial charge in [0.15, 0.2) is 5.96 Å². The first-order valence-electron chi connectivity index (χ1n) is 9.00. The molecule has 0 spiro atoms. The third kappa shape index (κ3) is 5.44. The molecule has 8 heteroatoms. The van der Waals surface area contributed by atoms with Crippen molar-refractivity contribution < 1.29 is 4.52 Å². The summed E-state index contributed by atoms with van der Waals surface area (Å²) in [5, 5.41) is 11.2. The number of hydrogen-bond acceptors (Lipinski definition) is 5. The van der Waals surface area contributed by atoms with E-state index < -0.39 is 0 Å². The Morgan fingerprint density at radius 3 is 2.69 bits per heavy atom. The van der Waals surface area contributed by atoms with Crippen LogP contribution in [0.25, 0.3) is 11.4 Å². The Kier molecular flexibility index (Phi) is 6.85. The topological polar surface area (TPSA) is 78.6 Å². The molecular formula is C18H25ClN6O. The van der Waals surface area contributed by atoms with Gasteiger partial charge in [0.05, 0.1) is 6.54 Å². The second kappa shape index (κ2) is 9.54. The SMILES string of the molecule is CN=C(NCCN1CCCCC1)NCc1nc(-c2ccc(Cl)cc2)no1. The molecule has 1 aromatic heterocycles. The Bertz CT molecular complexity index is 709. The highest BCUT2D eigenvalue weighted by atomic mass is 35.5. The molecule has 1 aliphatic heterocycles. The van der Waals surface area contributed by atoms with E-state index in [-0.39, 0.29) is 0 Å². The van der Waals surface area contributed by atoms with Crippen molar-refractivity contribution >= 4 is 17.6 Å². The monoisotopic (exact) mass is 376 g/mol. The molecule has 1 aliphatic rings. The van der Waals surface area contributed by atoms with Gasteiger partial charge in [-0.25, -0.2) is 0 Å². The maximum Gasteiger partial charge on any atom is 0.246 e. The molecule has 0 unspecified atom stereocenters. The number of likely N-dealkylation sites (tertiary alicyclic amines) is 1. The molecular weight excluding hydrogens is 352 g/mol. The standard InChI is InChI=1S/C18H25ClN6O/c1-20-18(21-9-12-25-10-3-2-4-11-25)22-13-16-23-17(24-26-16)14-5-7-15(19)8-6-14/h5-8H,2-4,9-13H2,1H3,(H2,20,21,22). The highest BCUT2D eigenvalue weighted by Crippen LogP contribution is 2.18. The lowest BCUT2D eigenvalue weighted by molar-refractivity contribution is 0.232. The van der Waals surface area contributed by atoms with Gasteiger partial charge in [-0.05, 0) is 50.2 Å². The number of rotatable bonds is 6. The summed E-state index contributed by atoms with van der Waals surface area (Å²) < 4.78 is 5.30. The fraction of sp³-hybridized carbons (Fsp3) is 0.500. The van der Waals surface area contributed by atoms with Gasteiger partial charge in [-0.3, -0.25) is 4.99 Å². The highest BCUT2D eigenvalue weighted by molar-refractivity contribution is 6.30. The summed E-state index contributed by atoms with van der Waals surface area (Å²) in [4.78, 5) is 11.1. The zero-order valence-corrected chi connectivity index (χ0v) is 15.8. The molecule has 0 atom stereocenters. The van der Waals surface area contributed by atoms with Crippen molar-refractivity contribution in [1.82, 2.24) is 25.7 Å². The first kappa shape index (κ1) is 18.7. The lowest BCUT2D eigenvalue weighted by atomic mass is 10.1. The van der Waals surface area contributed by atoms with Gasteiger partial charge < -0.3 is 20.1 Å². The number of benzene rings is 1. The summed E-state index contributed by atoms with van der Waals surface area (Å²) in [7, 11) is 1.75. The predicted molar refractivity (Wildman–Crippen MR) is 103 cm³/mol. The average molecular weight is 377 g/mol. The van der Waals surface area contributed by atoms with Crippen molar-refractivity contribution in [3.8, 4) is 11.4 Å². The summed E-state index contributed by atoms with van der Waals surface area (Å²) in [6, 6.07) is 7.34. The molecule has 2 N–H and O–H groups in total. The summed E-state index contributed by atoms with van der Waals surface area (Å²) in [5.41, 5.74) is 0.869. The molecule has 7 nitrogen and oxygen atoms in total. The first-order chi connectivity index (χ1) is 12.7. The zero-order valence-electron chi connectivity index (χ0n) is 15.0. The normalized spacial score (nSPS) is 15.8. The summed E-state index contributed by atoms with van der Waals surface area (Å²) in [6.07, 6.45) is 3.97. The minimum atomic E-state index is 0.421. The number of piperidine rings is 1. The number of aromatic nitrogens is 2. The molecule has 26 heavy (non-hydrogen) atoms. The summed E-state index contributed by atoms with van der Waals surface area (Å²) in [6.45, 7) is 4.71. The number of guanidine groups is 1. The number of halogens is 1. The molecule has 2 aromatic rings. The van der Waals surface area contributed by atoms with Gasteiger partial charge in [-0.15, -0.1) is 0 Å². The van der Waals surface area contributed by atoms with Crippen LogP contribution in [-0.4, -0.2) is 54.2 Å². The lowest BCUT2D eigenvalue weighted by Gasteiger charge is -2.26. The summed E-state index contributed by atoms with van der Waals surface area (Å²) >= 11 is 5.90. The van der Waals surface area contributed by atoms with Crippen LogP contribution in [0, 0.1) is 0 Å². The molecule has 1 aromatic carbocycles. The fourth-order valence-corrected chi connectivity index (χ4v) is 3.06. The molecule has 1 fully saturated rings. The molecule has 0 saturated carbocycles. The minimum Gasteiger partial charge on any atom is -0.355 e. The van der Waals surface area contributed by atoms with E-state index in [0.717, 1.165) is 24.6 Å². The van der Waals surface area contributed by atoms with Crippen LogP contribution in [0.3, 0.4) is 0 Å². The van der Waals surface area contributed by atoms with Crippen molar-refractivity contribution in [3.63, 3.8) is 0 Å². The average Bonchev–Trinajstić information content (AvgIpc) is 3.15. The van der Waals surface area contributed by atoms with Crippen molar-refractivity contribution in [2.75, 3.05) is 33.2 Å². The molecule has 0 bridgehead atoms. The van der Waals surface area contributed by atoms with Crippen LogP contribution in [-0.2, 0) is 6.54 Å². The third-order valence-corrected chi connectivity index (χ3v) is 4.62. The molecule has 3 rings (SSSR count). The van der Waals surface area contributed by atoms with E-state index in [1.807, 2.05) is 12.1 Å². The molecule has 0 aliphatic carbocycles. The second-order valence-corrected chi connectivity index (χ2v) is 6.71. The zero-order chi connectivity index (χ0) is 18.2. The largest absolute Gasteiger partial charge is 0.355 e. The molecule has 0 radical (unpaired) electrons. The van der Waals surface area contributed by atoms with E-state index in [1.54, 1.807) is 19.2 Å². The minimum absolute atomic E-state index is 0.421. The second-order valence-electron chi connectivity index (χ2n) is 6.27. The maximum absolute atomic E-state index is 5.90. The van der Waals surface area contributed by atoms with E-state index >= 15 is 0 Å². The molecule has 2 heterocycles. The van der Waals surface area contributed by atoms with E-state index in [4.69, 9.17) is 16.1 Å². The first-order valence-corrected chi connectivity index (χ1v) is 9.38. The van der Waals surface area contributed by atoms with Gasteiger partial charge in [0, 0.05) is 30.7 Å². The Morgan fingerprint density at radius 2 is 1.96 bits per heavy atom. The number of hydrogen-bond donors (Lipinski definition) is 2. The predicted octanol–water partition coefficient (Wildman–Crippen LogP) is 2.54. The lowest BCUT2D eigenvalue weighted by Crippen LogP contribution is -2.42. The third-order valence-electron chi connectivity index (χ3n) is 4.37. The van der Waals surface area contributed by atoms with E-state index in [0.29, 0.717) is 23.3 Å². The van der Waals surface area contributed by atoms with Crippen LogP contribution >= 0.6 is 11.6 Å². The van der Waals surface area contributed by atoms with Crippen LogP contribution in [0.2, 0.25) is 5.02 Å². The number of nitrogens with one attached hydrogen (secondary N) is 2. The van der Waals surface area contributed by atoms with Crippen molar-refractivity contribution in [1.29, 1.82) is 0 Å². The quantitative estimate of drug-likeness (QED) is 0.596. The van der Waals surface area contributed by atoms with Crippen LogP contribution in [0.15, 0.2) is 33.8 Å². The number of aliphatic imine (C=N–C) groups is 1. The fourth-order valence-electron chi connectivity index (χ4n) is 2.94. The Labute approximate surface area is 158 Å². The van der Waals surface area contributed by atoms with Crippen LogP contribution in [0.4, 0.5) is 0 Å². The Balaban J connectivity index is 1.44. The Morgan fingerprint density at radius 1 is 1.19 bits per heavy atom. The Hall–Kier alpha value is -2.12. The van der Waals surface area contributed by atoms with E-state index in [1.165, 1.54) is 32.4 Å². The van der Waals surface area contributed by atoms with Gasteiger partial charge in [-0.1, -0.05) is 23.2 Å². The van der Waals surface area contributed by atoms with Crippen LogP contribution < -0.4 is 10.6 Å². The van der Waals surface area contributed by atoms with Crippen molar-refractivity contribution in [2.45, 2.75) is 25.8 Å². The van der Waals surface area contributed by atoms with Crippen molar-refractivity contribution in [2.24, 2.45) is 4.99 Å². The van der Waals surface area contributed by atoms with Crippen LogP contribution in [0.5, 0.6) is 0 Å². The summed E-state index contributed by atoms with van der Waals surface area (Å²) in [5.74, 6) is 1.79. The highest BCUT2D eigenvalue weighted by Gasteiger charge is 2.11. The van der Waals surface area contributed by atoms with Gasteiger partial charge in [0.2, 0.25) is 11.7 Å². The van der Waals surface area contributed by atoms with Gasteiger partial charge in [0.1, 0.15) is 0 Å². The molecule has 0 amide bonds. The molecule has 1 saturated heterocycles. The smallest absolute Gasteiger partial charge is 0.246 e. The van der Waals surface area contributed by atoms with Gasteiger partial charge in [0.25, 0.3) is 0 Å². The van der Waals surface area contributed by atoms with Gasteiger partial charge >= 0.3 is 0 Å². The molecule has 140 valence electrons. The van der Waals surface area contributed by atoms with E-state index in [9.17, 15) is 0 Å². The van der Waals surface area contributed by atoms with Gasteiger partial charge in [-0.2, -0.15) is 4.98 Å². The van der Waals surface area contributed by atoms with E-state index in [2.05, 4.69) is 30.7 Å². The van der Waals surface area contributed by atoms with Crippen LogP contribution in [0.1, 0.15) is 25.2 Å². The number of nitrogens with zero attached hydrogens (tertiary/aromatic N) is 4. The van der Waals surface area contributed by atoms with Crippen molar-refractivity contribution in [3.05, 3.63) is 35.2 Å².